The smallest absolute Gasteiger partial charge is 0.315 e. The highest BCUT2D eigenvalue weighted by atomic mass is 16.5. The number of urea groups is 1. The fraction of sp³-hybridized carbons (Fsp3) is 0.345. The largest absolute Gasteiger partial charge is 0.508 e. The first-order valence-electron chi connectivity index (χ1n) is 13.0. The van der Waals surface area contributed by atoms with Gasteiger partial charge >= 0.3 is 6.03 Å². The van der Waals surface area contributed by atoms with E-state index in [9.17, 15) is 14.7 Å². The summed E-state index contributed by atoms with van der Waals surface area (Å²) in [5.74, 6) is 2.31. The number of ether oxygens (including phenoxy) is 1. The summed E-state index contributed by atoms with van der Waals surface area (Å²) in [4.78, 5) is 29.0. The molecular weight excluding hydrogens is 468 g/mol. The Morgan fingerprint density at radius 2 is 2.00 bits per heavy atom. The van der Waals surface area contributed by atoms with E-state index in [0.717, 1.165) is 36.8 Å². The Balaban J connectivity index is 1.05. The van der Waals surface area contributed by atoms with Crippen LogP contribution in [0.5, 0.6) is 17.2 Å². The summed E-state index contributed by atoms with van der Waals surface area (Å²) in [6, 6.07) is 15.2. The number of aryl methyl sites for hydroxylation is 1. The van der Waals surface area contributed by atoms with Gasteiger partial charge in [-0.15, -0.1) is 0 Å². The second kappa shape index (κ2) is 8.23. The second-order valence-corrected chi connectivity index (χ2v) is 10.6. The van der Waals surface area contributed by atoms with Gasteiger partial charge in [0, 0.05) is 29.7 Å². The molecule has 2 saturated carbocycles. The molecule has 2 aromatic carbocycles. The number of carbonyl (C=O) groups is 2. The highest BCUT2D eigenvalue weighted by molar-refractivity contribution is 5.93. The molecule has 2 fully saturated rings. The third-order valence-corrected chi connectivity index (χ3v) is 8.36. The Kier molecular flexibility index (Phi) is 4.93. The molecule has 4 N–H and O–H groups in total. The van der Waals surface area contributed by atoms with Crippen LogP contribution in [0.25, 0.3) is 0 Å². The van der Waals surface area contributed by atoms with Gasteiger partial charge in [0.1, 0.15) is 23.1 Å². The molecular formula is C29H28N4O4. The predicted molar refractivity (Wildman–Crippen MR) is 137 cm³/mol. The molecule has 3 aromatic rings. The fourth-order valence-corrected chi connectivity index (χ4v) is 6.26. The van der Waals surface area contributed by atoms with Gasteiger partial charge in [0.25, 0.3) is 0 Å². The van der Waals surface area contributed by atoms with E-state index < -0.39 is 0 Å². The van der Waals surface area contributed by atoms with Gasteiger partial charge in [-0.2, -0.15) is 0 Å². The van der Waals surface area contributed by atoms with Crippen molar-refractivity contribution in [1.82, 2.24) is 15.6 Å². The molecule has 0 spiro atoms. The minimum absolute atomic E-state index is 0.0250. The zero-order valence-electron chi connectivity index (χ0n) is 20.3. The zero-order valence-corrected chi connectivity index (χ0v) is 20.3. The van der Waals surface area contributed by atoms with Crippen LogP contribution >= 0.6 is 0 Å². The number of hydrogen-bond acceptors (Lipinski definition) is 5. The number of amides is 3. The van der Waals surface area contributed by atoms with Crippen molar-refractivity contribution in [3.05, 3.63) is 77.0 Å². The minimum atomic E-state index is -0.297. The number of phenolic OH excluding ortho intramolecular Hbond substituents is 1. The number of carbonyl (C=O) groups excluding carboxylic acids is 2. The van der Waals surface area contributed by atoms with Crippen LogP contribution in [0.15, 0.2) is 54.7 Å². The van der Waals surface area contributed by atoms with Crippen LogP contribution in [0.1, 0.15) is 59.9 Å². The van der Waals surface area contributed by atoms with Gasteiger partial charge in [0.2, 0.25) is 5.91 Å². The lowest BCUT2D eigenvalue weighted by Crippen LogP contribution is -2.43. The van der Waals surface area contributed by atoms with Crippen LogP contribution in [0.3, 0.4) is 0 Å². The average molecular weight is 497 g/mol. The number of fused-ring (bicyclic) bond motifs is 3. The van der Waals surface area contributed by atoms with Crippen molar-refractivity contribution in [3.63, 3.8) is 0 Å². The molecule has 3 aliphatic carbocycles. The molecule has 0 bridgehead atoms. The van der Waals surface area contributed by atoms with Gasteiger partial charge in [-0.3, -0.25) is 4.79 Å². The monoisotopic (exact) mass is 496 g/mol. The molecule has 4 unspecified atom stereocenters. The van der Waals surface area contributed by atoms with Crippen molar-refractivity contribution in [2.24, 2.45) is 5.92 Å². The summed E-state index contributed by atoms with van der Waals surface area (Å²) in [6.45, 7) is 0. The SMILES string of the molecule is O=C1CCc2c(Oc3ccc(O)c(C4C5CC54NC(=O)NC4CCCc5ccccc54)c3)ccnc2N1. The molecule has 8 nitrogen and oxygen atoms in total. The minimum Gasteiger partial charge on any atom is -0.508 e. The Morgan fingerprint density at radius 3 is 2.89 bits per heavy atom. The maximum Gasteiger partial charge on any atom is 0.315 e. The Morgan fingerprint density at radius 1 is 1.11 bits per heavy atom. The molecule has 3 amide bonds. The summed E-state index contributed by atoms with van der Waals surface area (Å²) >= 11 is 0. The van der Waals surface area contributed by atoms with Crippen molar-refractivity contribution >= 4 is 17.8 Å². The number of aromatic nitrogens is 1. The average Bonchev–Trinajstić information content (AvgIpc) is 3.76. The number of hydrogen-bond donors (Lipinski definition) is 4. The molecule has 1 aliphatic heterocycles. The highest BCUT2D eigenvalue weighted by Crippen LogP contribution is 2.77. The zero-order chi connectivity index (χ0) is 25.1. The molecule has 0 saturated heterocycles. The normalized spacial score (nSPS) is 26.6. The molecule has 4 aliphatic rings. The van der Waals surface area contributed by atoms with Crippen LogP contribution in [0, 0.1) is 5.92 Å². The van der Waals surface area contributed by atoms with Crippen molar-refractivity contribution < 1.29 is 19.4 Å². The maximum atomic E-state index is 13.0. The van der Waals surface area contributed by atoms with E-state index in [4.69, 9.17) is 4.74 Å². The first kappa shape index (κ1) is 22.2. The predicted octanol–water partition coefficient (Wildman–Crippen LogP) is 4.70. The Bertz CT molecular complexity index is 1440. The van der Waals surface area contributed by atoms with Crippen LogP contribution in [-0.2, 0) is 17.6 Å². The van der Waals surface area contributed by atoms with E-state index >= 15 is 0 Å². The number of nitrogens with one attached hydrogen (secondary N) is 3. The Hall–Kier alpha value is -4.07. The van der Waals surface area contributed by atoms with E-state index in [1.54, 1.807) is 24.4 Å². The number of rotatable bonds is 5. The number of pyridine rings is 1. The van der Waals surface area contributed by atoms with Crippen molar-refractivity contribution in [1.29, 1.82) is 0 Å². The highest BCUT2D eigenvalue weighted by Gasteiger charge is 2.80. The van der Waals surface area contributed by atoms with Gasteiger partial charge in [0.15, 0.2) is 0 Å². The molecule has 4 atom stereocenters. The lowest BCUT2D eigenvalue weighted by molar-refractivity contribution is -0.116. The van der Waals surface area contributed by atoms with E-state index in [1.807, 2.05) is 12.1 Å². The number of nitrogens with zero attached hydrogens (tertiary/aromatic N) is 1. The van der Waals surface area contributed by atoms with Gasteiger partial charge in [-0.25, -0.2) is 9.78 Å². The summed E-state index contributed by atoms with van der Waals surface area (Å²) in [6.07, 6.45) is 6.53. The molecule has 0 radical (unpaired) electrons. The molecule has 8 heteroatoms. The molecule has 37 heavy (non-hydrogen) atoms. The molecule has 7 rings (SSSR count). The Labute approximate surface area is 214 Å². The summed E-state index contributed by atoms with van der Waals surface area (Å²) in [5, 5.41) is 19.8. The van der Waals surface area contributed by atoms with Crippen LogP contribution in [0.4, 0.5) is 10.6 Å². The van der Waals surface area contributed by atoms with E-state index in [-0.39, 0.29) is 35.2 Å². The van der Waals surface area contributed by atoms with Gasteiger partial charge in [0.05, 0.1) is 11.6 Å². The third-order valence-electron chi connectivity index (χ3n) is 8.36. The third kappa shape index (κ3) is 3.79. The summed E-state index contributed by atoms with van der Waals surface area (Å²) < 4.78 is 6.18. The molecule has 1 aromatic heterocycles. The number of anilines is 1. The van der Waals surface area contributed by atoms with Crippen LogP contribution in [0.2, 0.25) is 0 Å². The van der Waals surface area contributed by atoms with Crippen molar-refractivity contribution in [2.75, 3.05) is 5.32 Å². The second-order valence-electron chi connectivity index (χ2n) is 10.6. The number of aromatic hydroxyl groups is 1. The van der Waals surface area contributed by atoms with Crippen molar-refractivity contribution in [2.45, 2.75) is 56.0 Å². The quantitative estimate of drug-likeness (QED) is 0.409. The van der Waals surface area contributed by atoms with Crippen LogP contribution in [-0.4, -0.2) is 27.6 Å². The van der Waals surface area contributed by atoms with E-state index in [0.29, 0.717) is 36.1 Å². The van der Waals surface area contributed by atoms with Gasteiger partial charge < -0.3 is 25.8 Å². The molecule has 188 valence electrons. The first-order chi connectivity index (χ1) is 18.0. The van der Waals surface area contributed by atoms with E-state index in [2.05, 4.69) is 39.1 Å². The number of phenols is 1. The van der Waals surface area contributed by atoms with E-state index in [1.165, 1.54) is 11.1 Å². The van der Waals surface area contributed by atoms with Crippen LogP contribution < -0.4 is 20.7 Å². The lowest BCUT2D eigenvalue weighted by Gasteiger charge is -2.27. The lowest BCUT2D eigenvalue weighted by atomic mass is 9.88. The topological polar surface area (TPSA) is 113 Å². The number of benzene rings is 2. The fourth-order valence-electron chi connectivity index (χ4n) is 6.26. The maximum absolute atomic E-state index is 13.0. The summed E-state index contributed by atoms with van der Waals surface area (Å²) in [7, 11) is 0. The van der Waals surface area contributed by atoms with Gasteiger partial charge in [-0.05, 0) is 73.4 Å². The summed E-state index contributed by atoms with van der Waals surface area (Å²) in [5.41, 5.74) is 3.87. The standard InChI is InChI=1S/C29H28N4O4/c34-23-10-8-17(37-24-12-13-30-27-19(24)9-11-25(35)32-27)14-20(23)26-21-15-29(21,26)33-28(36)31-22-7-3-5-16-4-1-2-6-18(16)22/h1-2,4,6,8,10,12-14,21-22,26,34H,3,5,7,9,11,15H2,(H,30,32,35)(H2,31,33,36). The first-order valence-corrected chi connectivity index (χ1v) is 13.0. The molecule has 2 heterocycles. The van der Waals surface area contributed by atoms with Crippen molar-refractivity contribution in [3.8, 4) is 17.2 Å². The van der Waals surface area contributed by atoms with Gasteiger partial charge in [-0.1, -0.05) is 24.3 Å².